The summed E-state index contributed by atoms with van der Waals surface area (Å²) in [5.74, 6) is -0.661. The minimum atomic E-state index is -1.68. The van der Waals surface area contributed by atoms with E-state index in [0.29, 0.717) is 38.4 Å². The maximum atomic E-state index is 13.2. The van der Waals surface area contributed by atoms with Crippen LogP contribution in [0.1, 0.15) is 28.9 Å². The highest BCUT2D eigenvalue weighted by Gasteiger charge is 2.54. The van der Waals surface area contributed by atoms with Crippen LogP contribution in [0, 0.1) is 0 Å². The van der Waals surface area contributed by atoms with Crippen molar-refractivity contribution in [1.29, 1.82) is 0 Å². The van der Waals surface area contributed by atoms with Gasteiger partial charge in [0, 0.05) is 71.4 Å². The highest BCUT2D eigenvalue weighted by Crippen LogP contribution is 2.35. The molecular weight excluding hydrogens is 988 g/mol. The Morgan fingerprint density at radius 1 is 0.750 bits per heavy atom. The zero-order valence-electron chi connectivity index (χ0n) is 38.5. The third-order valence-electron chi connectivity index (χ3n) is 13.0. The van der Waals surface area contributed by atoms with Crippen LogP contribution in [-0.4, -0.2) is 192 Å². The number of aromatic nitrogens is 4. The Balaban J connectivity index is 0.927. The van der Waals surface area contributed by atoms with Crippen LogP contribution in [-0.2, 0) is 46.2 Å². The predicted molar refractivity (Wildman–Crippen MR) is 255 cm³/mol. The van der Waals surface area contributed by atoms with E-state index in [1.54, 1.807) is 54.0 Å². The lowest BCUT2D eigenvalue weighted by Crippen LogP contribution is -2.68. The maximum absolute atomic E-state index is 13.2. The monoisotopic (exact) mass is 1050 g/mol. The number of nitrogens with one attached hydrogen (secondary N) is 2. The van der Waals surface area contributed by atoms with Crippen LogP contribution in [0.5, 0.6) is 0 Å². The Morgan fingerprint density at radius 3 is 2.03 bits per heavy atom. The number of hydrogen-bond acceptors (Lipinski definition) is 24. The number of amides is 2. The molecule has 3 aliphatic heterocycles. The average molecular weight is 1050 g/mol. The molecule has 4 aromatic rings. The second-order valence-corrected chi connectivity index (χ2v) is 19.4. The number of carbonyl (C=O) groups excluding carboxylic acids is 2. The lowest BCUT2D eigenvalue weighted by atomic mass is 9.84. The summed E-state index contributed by atoms with van der Waals surface area (Å²) in [5.41, 5.74) is 39.4. The van der Waals surface area contributed by atoms with Crippen molar-refractivity contribution in [2.75, 3.05) is 23.7 Å². The van der Waals surface area contributed by atoms with E-state index in [2.05, 4.69) is 25.9 Å². The van der Waals surface area contributed by atoms with Gasteiger partial charge in [0.15, 0.2) is 24.0 Å². The topological polar surface area (TPSA) is 435 Å². The molecule has 3 saturated heterocycles. The van der Waals surface area contributed by atoms with Crippen LogP contribution in [0.15, 0.2) is 60.1 Å². The summed E-state index contributed by atoms with van der Waals surface area (Å²) >= 11 is 7.19. The normalized spacial score (nSPS) is 36.0. The van der Waals surface area contributed by atoms with E-state index in [9.17, 15) is 40.2 Å². The molecule has 0 radical (unpaired) electrons. The molecule has 28 heteroatoms. The lowest BCUT2D eigenvalue weighted by molar-refractivity contribution is -0.306. The molecule has 8 rings (SSSR count). The fraction of sp³-hybridized carbons (Fsp3) is 0.568. The standard InChI is InChI=1S/C44H61ClN12O14S/c45-19-6-4-17(5-7-19)40(65)54-44-53-24(16-72-44)18-2-1-3-20(10-18)52-28(58)9-8-21-14-57(56-55-21)15-27-38(70-42-30(51)35(63)33(61)26(13-47)67-42)36(64)43(68-27)71-39-31(59)22(48)11-23(49)37(39)69-41-29(50)34(62)32(60)25(12-46)66-41/h1-7,10,14,16,22-23,25-27,29-39,41-43,59-64H,8-9,11-13,15,46-51H2,(H,52,58)(H,53,54,65)/t22-,23+,25-,26-,27?,29-,30-,31+,32-,33-,34-,35-,36?,37-,38?,39-,41-,42-,43?/m1/s1. The highest BCUT2D eigenvalue weighted by molar-refractivity contribution is 7.14. The molecule has 5 heterocycles. The molecular formula is C44H61ClN12O14S. The van der Waals surface area contributed by atoms with Crippen LogP contribution >= 0.6 is 22.9 Å². The summed E-state index contributed by atoms with van der Waals surface area (Å²) in [4.78, 5) is 30.4. The van der Waals surface area contributed by atoms with Crippen molar-refractivity contribution in [2.24, 2.45) is 34.4 Å². The Bertz CT molecular complexity index is 2440. The molecule has 0 bridgehead atoms. The molecule has 4 unspecified atom stereocenters. The largest absolute Gasteiger partial charge is 0.389 e. The number of aryl methyl sites for hydroxylation is 1. The third-order valence-corrected chi connectivity index (χ3v) is 14.0. The lowest BCUT2D eigenvalue weighted by Gasteiger charge is -2.47. The van der Waals surface area contributed by atoms with Crippen molar-refractivity contribution in [2.45, 2.75) is 142 Å². The van der Waals surface area contributed by atoms with Crippen LogP contribution in [0.2, 0.25) is 5.02 Å². The van der Waals surface area contributed by atoms with Gasteiger partial charge in [-0.05, 0) is 42.8 Å². The van der Waals surface area contributed by atoms with Crippen molar-refractivity contribution in [1.82, 2.24) is 20.0 Å². The smallest absolute Gasteiger partial charge is 0.257 e. The van der Waals surface area contributed by atoms with Gasteiger partial charge in [0.25, 0.3) is 5.91 Å². The fourth-order valence-electron chi connectivity index (χ4n) is 8.93. The first-order valence-electron chi connectivity index (χ1n) is 23.2. The molecule has 26 nitrogen and oxygen atoms in total. The maximum Gasteiger partial charge on any atom is 0.257 e. The molecule has 0 spiro atoms. The number of nitrogens with two attached hydrogens (primary N) is 6. The van der Waals surface area contributed by atoms with E-state index >= 15 is 0 Å². The molecule has 4 aliphatic rings. The molecule has 1 saturated carbocycles. The second-order valence-electron chi connectivity index (χ2n) is 18.1. The summed E-state index contributed by atoms with van der Waals surface area (Å²) in [5, 5.41) is 82.4. The number of hydrogen-bond donors (Lipinski definition) is 14. The molecule has 19 atom stereocenters. The number of benzene rings is 2. The van der Waals surface area contributed by atoms with Gasteiger partial charge >= 0.3 is 0 Å². The van der Waals surface area contributed by atoms with Crippen molar-refractivity contribution in [3.63, 3.8) is 0 Å². The van der Waals surface area contributed by atoms with Gasteiger partial charge in [-0.2, -0.15) is 0 Å². The van der Waals surface area contributed by atoms with E-state index in [1.165, 1.54) is 16.0 Å². The molecule has 2 aromatic heterocycles. The Morgan fingerprint density at radius 2 is 1.38 bits per heavy atom. The Hall–Kier alpha value is -4.28. The van der Waals surface area contributed by atoms with Gasteiger partial charge in [0.2, 0.25) is 5.91 Å². The quantitative estimate of drug-likeness (QED) is 0.0479. The second kappa shape index (κ2) is 23.5. The van der Waals surface area contributed by atoms with Crippen molar-refractivity contribution >= 4 is 45.6 Å². The molecule has 4 fully saturated rings. The molecule has 1 aliphatic carbocycles. The Labute approximate surface area is 420 Å². The van der Waals surface area contributed by atoms with E-state index < -0.39 is 116 Å². The van der Waals surface area contributed by atoms with E-state index in [0.717, 1.165) is 0 Å². The van der Waals surface area contributed by atoms with E-state index in [1.807, 2.05) is 6.07 Å². The highest BCUT2D eigenvalue weighted by atomic mass is 35.5. The molecule has 2 amide bonds. The molecule has 2 aromatic carbocycles. The van der Waals surface area contributed by atoms with Crippen LogP contribution in [0.4, 0.5) is 10.8 Å². The molecule has 72 heavy (non-hydrogen) atoms. The van der Waals surface area contributed by atoms with Gasteiger partial charge in [-0.1, -0.05) is 28.9 Å². The first kappa shape index (κ1) is 54.0. The molecule has 394 valence electrons. The minimum absolute atomic E-state index is 0.00857. The van der Waals surface area contributed by atoms with Gasteiger partial charge in [0.1, 0.15) is 67.1 Å². The molecule has 20 N–H and O–H groups in total. The summed E-state index contributed by atoms with van der Waals surface area (Å²) < 4.78 is 37.9. The Kier molecular flexibility index (Phi) is 17.6. The number of thiazole rings is 1. The van der Waals surface area contributed by atoms with E-state index in [4.69, 9.17) is 74.4 Å². The SMILES string of the molecule is NC[C@H]1O[C@H](OC2C(Cn3cc(CCC(=O)Nc4cccc(-c5csc(NC(=O)c6ccc(Cl)cc6)n5)c4)nn3)OC(O[C@@H]3[C@@H](O)[C@H](N)C[C@H](N)[C@H]3O[C@H]3O[C@H](CN)[C@@H](O)[C@H](O)[C@H]3N)C2O)[C@H](N)[C@@H](O)[C@@H]1O. The summed E-state index contributed by atoms with van der Waals surface area (Å²) in [6.45, 7) is -0.555. The van der Waals surface area contributed by atoms with Crippen LogP contribution in [0.25, 0.3) is 11.3 Å². The number of rotatable bonds is 17. The summed E-state index contributed by atoms with van der Waals surface area (Å²) in [6.07, 6.45) is -19.0. The zero-order valence-corrected chi connectivity index (χ0v) is 40.0. The van der Waals surface area contributed by atoms with Crippen molar-refractivity contribution in [3.05, 3.63) is 76.4 Å². The van der Waals surface area contributed by atoms with Gasteiger partial charge in [-0.3, -0.25) is 14.9 Å². The average Bonchev–Trinajstić information content (AvgIpc) is 4.10. The minimum Gasteiger partial charge on any atom is -0.389 e. The van der Waals surface area contributed by atoms with Gasteiger partial charge in [0.05, 0.1) is 36.1 Å². The third kappa shape index (κ3) is 12.1. The van der Waals surface area contributed by atoms with Crippen LogP contribution in [0.3, 0.4) is 0 Å². The van der Waals surface area contributed by atoms with Gasteiger partial charge in [-0.25, -0.2) is 9.67 Å². The number of anilines is 2. The summed E-state index contributed by atoms with van der Waals surface area (Å²) in [6, 6.07) is 9.08. The number of nitrogens with zero attached hydrogens (tertiary/aromatic N) is 4. The zero-order chi connectivity index (χ0) is 51.5. The van der Waals surface area contributed by atoms with Gasteiger partial charge in [-0.15, -0.1) is 16.4 Å². The van der Waals surface area contributed by atoms with Crippen molar-refractivity contribution < 1.29 is 68.6 Å². The fourth-order valence-corrected chi connectivity index (χ4v) is 9.77. The van der Waals surface area contributed by atoms with Crippen molar-refractivity contribution in [3.8, 4) is 11.3 Å². The number of halogens is 1. The number of aliphatic hydroxyl groups excluding tert-OH is 6. The number of carbonyl (C=O) groups is 2. The summed E-state index contributed by atoms with van der Waals surface area (Å²) in [7, 11) is 0. The first-order valence-corrected chi connectivity index (χ1v) is 24.4. The van der Waals surface area contributed by atoms with Crippen LogP contribution < -0.4 is 45.0 Å². The van der Waals surface area contributed by atoms with Gasteiger partial charge < -0.3 is 98.8 Å². The van der Waals surface area contributed by atoms with E-state index in [-0.39, 0.29) is 50.7 Å². The number of ether oxygens (including phenoxy) is 6. The first-order chi connectivity index (χ1) is 34.4. The number of aliphatic hydroxyl groups is 6. The predicted octanol–water partition coefficient (Wildman–Crippen LogP) is -4.00.